The van der Waals surface area contributed by atoms with Crippen LogP contribution in [-0.4, -0.2) is 43.3 Å². The maximum absolute atomic E-state index is 2.57. The molecule has 0 aromatic heterocycles. The average Bonchev–Trinajstić information content (AvgIpc) is 2.58. The third-order valence-corrected chi connectivity index (χ3v) is 12.0. The van der Waals surface area contributed by atoms with Crippen molar-refractivity contribution in [2.45, 2.75) is 6.92 Å². The Morgan fingerprint density at radius 1 is 1.08 bits per heavy atom. The molecule has 64 valence electrons. The summed E-state index contributed by atoms with van der Waals surface area (Å²) >= 11 is 0.936. The molecule has 0 saturated carbocycles. The summed E-state index contributed by atoms with van der Waals surface area (Å²) < 4.78 is 2.85. The summed E-state index contributed by atoms with van der Waals surface area (Å²) in [6, 6.07) is 8.96. The fourth-order valence-corrected chi connectivity index (χ4v) is 12.5. The molecule has 1 aromatic rings. The van der Waals surface area contributed by atoms with Gasteiger partial charge in [-0.3, -0.25) is 0 Å². The van der Waals surface area contributed by atoms with E-state index in [0.717, 1.165) is 0 Å². The van der Waals surface area contributed by atoms with E-state index in [2.05, 4.69) is 36.1 Å². The zero-order chi connectivity index (χ0) is 8.39. The first-order valence-corrected chi connectivity index (χ1v) is 14.6. The van der Waals surface area contributed by atoms with E-state index in [0.29, 0.717) is 34.1 Å². The van der Waals surface area contributed by atoms with Crippen molar-refractivity contribution in [3.05, 3.63) is 29.8 Å². The molecule has 1 saturated heterocycles. The molecule has 1 heterocycles. The predicted molar refractivity (Wildman–Crippen MR) is 54.9 cm³/mol. The van der Waals surface area contributed by atoms with E-state index in [1.807, 2.05) is 0 Å². The third-order valence-electron chi connectivity index (χ3n) is 1.90. The molecule has 12 heavy (non-hydrogen) atoms. The summed E-state index contributed by atoms with van der Waals surface area (Å²) in [7, 11) is 0. The van der Waals surface area contributed by atoms with Gasteiger partial charge < -0.3 is 0 Å². The first-order valence-electron chi connectivity index (χ1n) is 3.92. The summed E-state index contributed by atoms with van der Waals surface area (Å²) in [5.74, 6) is 0. The van der Waals surface area contributed by atoms with Gasteiger partial charge in [0.1, 0.15) is 0 Å². The Hall–Kier alpha value is 0.599. The van der Waals surface area contributed by atoms with Gasteiger partial charge in [-0.1, -0.05) is 0 Å². The van der Waals surface area contributed by atoms with Gasteiger partial charge in [0.2, 0.25) is 0 Å². The van der Waals surface area contributed by atoms with Crippen molar-refractivity contribution in [3.63, 3.8) is 0 Å². The van der Waals surface area contributed by atoms with Gasteiger partial charge in [-0.2, -0.15) is 0 Å². The Balaban J connectivity index is 2.17. The summed E-state index contributed by atoms with van der Waals surface area (Å²) in [5.41, 5.74) is 2.82. The maximum atomic E-state index is 2.57. The number of hydrogen-bond donors (Lipinski definition) is 0. The molecule has 0 radical (unpaired) electrons. The van der Waals surface area contributed by atoms with Crippen molar-refractivity contribution in [2.75, 3.05) is 14.1 Å². The Morgan fingerprint density at radius 3 is 2.25 bits per heavy atom. The molecule has 0 unspecified atom stereocenters. The molecule has 0 aliphatic carbocycles. The molecule has 1 nitrogen and oxygen atoms in total. The zero-order valence-corrected chi connectivity index (χ0v) is 11.6. The Labute approximate surface area is 89.9 Å². The van der Waals surface area contributed by atoms with E-state index in [1.54, 1.807) is 0 Å². The van der Waals surface area contributed by atoms with Crippen LogP contribution in [0.2, 0.25) is 0 Å². The minimum absolute atomic E-state index is 0.468. The Kier molecular flexibility index (Phi) is 3.21. The molecule has 0 spiro atoms. The monoisotopic (exact) mass is 393 g/mol. The molecule has 0 atom stereocenters. The van der Waals surface area contributed by atoms with Crippen molar-refractivity contribution in [2.24, 2.45) is 0 Å². The van der Waals surface area contributed by atoms with E-state index < -0.39 is 0 Å². The topological polar surface area (TPSA) is 3.24 Å². The first kappa shape index (κ1) is 9.17. The molecular weight excluding hydrogens is 377 g/mol. The van der Waals surface area contributed by atoms with Crippen molar-refractivity contribution in [3.8, 4) is 0 Å². The van der Waals surface area contributed by atoms with Crippen LogP contribution in [0.1, 0.15) is 5.56 Å². The molecule has 0 amide bonds. The number of anilines is 1. The van der Waals surface area contributed by atoms with Crippen LogP contribution in [0, 0.1) is 6.92 Å². The van der Waals surface area contributed by atoms with Gasteiger partial charge in [0.25, 0.3) is 0 Å². The molecular formula is C9H11NTe2. The predicted octanol–water partition coefficient (Wildman–Crippen LogP) is 1.05. The number of hydrogen-bond acceptors (Lipinski definition) is 1. The second-order valence-electron chi connectivity index (χ2n) is 2.87. The van der Waals surface area contributed by atoms with Gasteiger partial charge >= 0.3 is 90.6 Å². The summed E-state index contributed by atoms with van der Waals surface area (Å²) in [6.07, 6.45) is 0. The standard InChI is InChI=1S/C9H11NTe2/c1-8-2-4-9(5-3-8)10-6-11-12-7-10/h2-5H,6-7H2,1H3. The van der Waals surface area contributed by atoms with E-state index in [-0.39, 0.29) is 0 Å². The second-order valence-corrected chi connectivity index (χ2v) is 14.7. The van der Waals surface area contributed by atoms with Crippen LogP contribution in [0.5, 0.6) is 0 Å². The molecule has 0 bridgehead atoms. The van der Waals surface area contributed by atoms with Crippen LogP contribution in [0.15, 0.2) is 24.3 Å². The molecule has 0 N–H and O–H groups in total. The van der Waals surface area contributed by atoms with E-state index in [4.69, 9.17) is 0 Å². The van der Waals surface area contributed by atoms with Gasteiger partial charge in [-0.15, -0.1) is 0 Å². The number of rotatable bonds is 1. The van der Waals surface area contributed by atoms with Gasteiger partial charge in [0.15, 0.2) is 0 Å². The van der Waals surface area contributed by atoms with E-state index >= 15 is 0 Å². The number of nitrogens with zero attached hydrogens (tertiary/aromatic N) is 1. The second kappa shape index (κ2) is 4.21. The molecule has 3 heteroatoms. The number of aryl methyl sites for hydroxylation is 1. The third kappa shape index (κ3) is 2.09. The van der Waals surface area contributed by atoms with Gasteiger partial charge in [0, 0.05) is 0 Å². The van der Waals surface area contributed by atoms with E-state index in [1.165, 1.54) is 20.4 Å². The quantitative estimate of drug-likeness (QED) is 0.651. The van der Waals surface area contributed by atoms with Crippen molar-refractivity contribution >= 4 is 39.8 Å². The molecule has 1 aromatic carbocycles. The summed E-state index contributed by atoms with van der Waals surface area (Å²) in [4.78, 5) is 2.57. The zero-order valence-electron chi connectivity index (χ0n) is 6.99. The van der Waals surface area contributed by atoms with Crippen LogP contribution in [0.4, 0.5) is 5.69 Å². The van der Waals surface area contributed by atoms with Crippen LogP contribution in [0.3, 0.4) is 0 Å². The molecule has 2 rings (SSSR count). The average molecular weight is 388 g/mol. The van der Waals surface area contributed by atoms with Gasteiger partial charge in [0.05, 0.1) is 0 Å². The fraction of sp³-hybridized carbons (Fsp3) is 0.333. The summed E-state index contributed by atoms with van der Waals surface area (Å²) in [5, 5.41) is 0. The van der Waals surface area contributed by atoms with Crippen molar-refractivity contribution < 1.29 is 0 Å². The molecule has 1 aliphatic heterocycles. The van der Waals surface area contributed by atoms with Crippen molar-refractivity contribution in [1.82, 2.24) is 0 Å². The van der Waals surface area contributed by atoms with Gasteiger partial charge in [-0.25, -0.2) is 0 Å². The SMILES string of the molecule is Cc1ccc(N2C[Te][Te]C2)cc1. The van der Waals surface area contributed by atoms with Crippen molar-refractivity contribution in [1.29, 1.82) is 0 Å². The Morgan fingerprint density at radius 2 is 1.67 bits per heavy atom. The normalized spacial score (nSPS) is 16.9. The minimum atomic E-state index is 0.468. The van der Waals surface area contributed by atoms with Crippen LogP contribution in [0.25, 0.3) is 0 Å². The summed E-state index contributed by atoms with van der Waals surface area (Å²) in [6.45, 7) is 2.15. The fourth-order valence-electron chi connectivity index (χ4n) is 1.14. The number of benzene rings is 1. The Bertz CT molecular complexity index is 252. The van der Waals surface area contributed by atoms with Crippen LogP contribution in [-0.2, 0) is 0 Å². The van der Waals surface area contributed by atoms with Crippen LogP contribution >= 0.6 is 0 Å². The first-order chi connectivity index (χ1) is 5.86. The van der Waals surface area contributed by atoms with Gasteiger partial charge in [-0.05, 0) is 0 Å². The molecule has 1 aliphatic rings. The molecule has 1 fully saturated rings. The van der Waals surface area contributed by atoms with Crippen LogP contribution < -0.4 is 4.90 Å². The van der Waals surface area contributed by atoms with E-state index in [9.17, 15) is 0 Å².